The highest BCUT2D eigenvalue weighted by molar-refractivity contribution is 7.26. The van der Waals surface area contributed by atoms with Gasteiger partial charge in [-0.25, -0.2) is 0 Å². The van der Waals surface area contributed by atoms with Crippen molar-refractivity contribution in [1.82, 2.24) is 4.57 Å². The Hall–Kier alpha value is -6.98. The van der Waals surface area contributed by atoms with Crippen LogP contribution < -0.4 is 0 Å². The molecular formula is C55H33NOS2. The summed E-state index contributed by atoms with van der Waals surface area (Å²) in [5.41, 5.74) is 11.7. The topological polar surface area (TPSA) is 18.1 Å². The van der Waals surface area contributed by atoms with Crippen LogP contribution in [-0.4, -0.2) is 4.57 Å². The van der Waals surface area contributed by atoms with Gasteiger partial charge in [-0.05, 0) is 101 Å². The highest BCUT2D eigenvalue weighted by Gasteiger charge is 2.22. The second-order valence-corrected chi connectivity index (χ2v) is 17.8. The van der Waals surface area contributed by atoms with Crippen molar-refractivity contribution in [1.29, 1.82) is 0 Å². The van der Waals surface area contributed by atoms with E-state index in [2.05, 4.69) is 199 Å². The number of hydrogen-bond donors (Lipinski definition) is 0. The van der Waals surface area contributed by atoms with Crippen molar-refractivity contribution in [2.45, 2.75) is 5.92 Å². The fourth-order valence-corrected chi connectivity index (χ4v) is 11.9. The minimum absolute atomic E-state index is 0.0478. The standard InChI is InChI=1S/C55H33NOS2/c1-4-12-33(13-5-1)35-21-24-47-41(26-35)42-27-36(22-25-48(42)56(47)38-16-8-3-9-17-38)55(34-14-6-2-7-15-34)37-20-23-40-46-30-50-44(32-54(46)59-52(40)28-37)43-31-53-45(29-49(43)57-50)39-18-10-11-19-51(39)58-53/h1-32,55H. The van der Waals surface area contributed by atoms with E-state index < -0.39 is 0 Å². The first-order valence-corrected chi connectivity index (χ1v) is 21.7. The molecule has 0 radical (unpaired) electrons. The number of hydrogen-bond acceptors (Lipinski definition) is 3. The summed E-state index contributed by atoms with van der Waals surface area (Å²) in [6.07, 6.45) is 0. The van der Waals surface area contributed by atoms with Gasteiger partial charge in [0.2, 0.25) is 0 Å². The number of thiophene rings is 2. The Labute approximate surface area is 347 Å². The van der Waals surface area contributed by atoms with Gasteiger partial charge in [0.25, 0.3) is 0 Å². The Bertz CT molecular complexity index is 3780. The minimum atomic E-state index is 0.0478. The SMILES string of the molecule is c1ccc(-c2ccc3c(c2)c2cc(C(c4ccccc4)c4ccc5c(c4)sc4cc6c(cc45)oc4cc5c(cc46)sc4ccccc45)ccc2n3-c2ccccc2)cc1. The van der Waals surface area contributed by atoms with Gasteiger partial charge in [-0.2, -0.15) is 0 Å². The molecule has 0 amide bonds. The van der Waals surface area contributed by atoms with E-state index in [-0.39, 0.29) is 5.92 Å². The molecule has 1 atom stereocenters. The Morgan fingerprint density at radius 3 is 1.64 bits per heavy atom. The summed E-state index contributed by atoms with van der Waals surface area (Å²) in [5.74, 6) is 0.0478. The third-order valence-electron chi connectivity index (χ3n) is 12.3. The number of benzene rings is 9. The van der Waals surface area contributed by atoms with Gasteiger partial charge in [-0.15, -0.1) is 22.7 Å². The molecule has 0 fully saturated rings. The van der Waals surface area contributed by atoms with Crippen LogP contribution in [0.15, 0.2) is 199 Å². The van der Waals surface area contributed by atoms with Crippen LogP contribution in [0.4, 0.5) is 0 Å². The van der Waals surface area contributed by atoms with Gasteiger partial charge in [0, 0.05) is 73.5 Å². The summed E-state index contributed by atoms with van der Waals surface area (Å²) in [5, 5.41) is 9.95. The van der Waals surface area contributed by atoms with E-state index in [1.807, 2.05) is 22.7 Å². The van der Waals surface area contributed by atoms with Crippen LogP contribution in [-0.2, 0) is 0 Å². The molecule has 0 aliphatic rings. The van der Waals surface area contributed by atoms with Crippen molar-refractivity contribution in [3.05, 3.63) is 211 Å². The Balaban J connectivity index is 0.981. The number of fused-ring (bicyclic) bond motifs is 12. The second-order valence-electron chi connectivity index (χ2n) is 15.6. The lowest BCUT2D eigenvalue weighted by atomic mass is 9.84. The first-order valence-electron chi connectivity index (χ1n) is 20.1. The van der Waals surface area contributed by atoms with Gasteiger partial charge in [0.15, 0.2) is 0 Å². The van der Waals surface area contributed by atoms with Crippen LogP contribution in [0.5, 0.6) is 0 Å². The van der Waals surface area contributed by atoms with Gasteiger partial charge < -0.3 is 8.98 Å². The van der Waals surface area contributed by atoms with Crippen molar-refractivity contribution >= 4 is 107 Å². The molecule has 1 unspecified atom stereocenters. The summed E-state index contributed by atoms with van der Waals surface area (Å²) < 4.78 is 14.2. The number of nitrogens with zero attached hydrogens (tertiary/aromatic N) is 1. The highest BCUT2D eigenvalue weighted by atomic mass is 32.1. The number of para-hydroxylation sites is 1. The average Bonchev–Trinajstić information content (AvgIpc) is 4.03. The molecular weight excluding hydrogens is 755 g/mol. The molecule has 0 aliphatic carbocycles. The monoisotopic (exact) mass is 787 g/mol. The predicted molar refractivity (Wildman–Crippen MR) is 253 cm³/mol. The van der Waals surface area contributed by atoms with Gasteiger partial charge in [-0.3, -0.25) is 0 Å². The normalized spacial score (nSPS) is 12.7. The number of furan rings is 1. The van der Waals surface area contributed by atoms with Crippen molar-refractivity contribution in [3.63, 3.8) is 0 Å². The molecule has 9 aromatic carbocycles. The maximum atomic E-state index is 6.62. The molecule has 13 aromatic rings. The molecule has 59 heavy (non-hydrogen) atoms. The van der Waals surface area contributed by atoms with Crippen molar-refractivity contribution < 1.29 is 4.42 Å². The van der Waals surface area contributed by atoms with Crippen molar-refractivity contribution in [2.75, 3.05) is 0 Å². The summed E-state index contributed by atoms with van der Waals surface area (Å²) in [4.78, 5) is 0. The third-order valence-corrected chi connectivity index (χ3v) is 14.5. The fraction of sp³-hybridized carbons (Fsp3) is 0.0182. The zero-order valence-electron chi connectivity index (χ0n) is 31.7. The molecule has 0 saturated heterocycles. The van der Waals surface area contributed by atoms with Crippen LogP contribution in [0, 0.1) is 0 Å². The first-order chi connectivity index (χ1) is 29.2. The highest BCUT2D eigenvalue weighted by Crippen LogP contribution is 2.45. The summed E-state index contributed by atoms with van der Waals surface area (Å²) in [7, 11) is 0. The molecule has 4 aromatic heterocycles. The average molecular weight is 788 g/mol. The minimum Gasteiger partial charge on any atom is -0.456 e. The molecule has 0 N–H and O–H groups in total. The van der Waals surface area contributed by atoms with Gasteiger partial charge in [-0.1, -0.05) is 121 Å². The zero-order valence-corrected chi connectivity index (χ0v) is 33.4. The van der Waals surface area contributed by atoms with Crippen molar-refractivity contribution in [3.8, 4) is 16.8 Å². The van der Waals surface area contributed by atoms with E-state index in [1.54, 1.807) is 0 Å². The Morgan fingerprint density at radius 2 is 0.898 bits per heavy atom. The Morgan fingerprint density at radius 1 is 0.339 bits per heavy atom. The first kappa shape index (κ1) is 33.0. The molecule has 0 spiro atoms. The molecule has 276 valence electrons. The fourth-order valence-electron chi connectivity index (χ4n) is 9.57. The summed E-state index contributed by atoms with van der Waals surface area (Å²) in [6.45, 7) is 0. The Kier molecular flexibility index (Phi) is 7.15. The number of rotatable bonds is 5. The predicted octanol–water partition coefficient (Wildman–Crippen LogP) is 16.3. The maximum Gasteiger partial charge on any atom is 0.136 e. The smallest absolute Gasteiger partial charge is 0.136 e. The lowest BCUT2D eigenvalue weighted by molar-refractivity contribution is 0.670. The second kappa shape index (κ2) is 12.8. The van der Waals surface area contributed by atoms with Crippen molar-refractivity contribution in [2.24, 2.45) is 0 Å². The van der Waals surface area contributed by atoms with E-state index in [0.717, 1.165) is 16.9 Å². The molecule has 0 saturated carbocycles. The quantitative estimate of drug-likeness (QED) is 0.159. The molecule has 4 heterocycles. The summed E-state index contributed by atoms with van der Waals surface area (Å²) in [6, 6.07) is 71.5. The van der Waals surface area contributed by atoms with Crippen LogP contribution in [0.3, 0.4) is 0 Å². The van der Waals surface area contributed by atoms with Gasteiger partial charge in [0.05, 0.1) is 11.0 Å². The van der Waals surface area contributed by atoms with E-state index in [9.17, 15) is 0 Å². The van der Waals surface area contributed by atoms with Crippen LogP contribution >= 0.6 is 22.7 Å². The molecule has 4 heteroatoms. The molecule has 0 aliphatic heterocycles. The lowest BCUT2D eigenvalue weighted by Crippen LogP contribution is -2.03. The van der Waals surface area contributed by atoms with E-state index >= 15 is 0 Å². The number of aromatic nitrogens is 1. The summed E-state index contributed by atoms with van der Waals surface area (Å²) >= 11 is 3.74. The maximum absolute atomic E-state index is 6.62. The van der Waals surface area contributed by atoms with E-state index in [1.165, 1.54) is 101 Å². The lowest BCUT2D eigenvalue weighted by Gasteiger charge is -2.19. The van der Waals surface area contributed by atoms with E-state index in [4.69, 9.17) is 4.42 Å². The largest absolute Gasteiger partial charge is 0.456 e. The van der Waals surface area contributed by atoms with Gasteiger partial charge in [0.1, 0.15) is 11.2 Å². The van der Waals surface area contributed by atoms with E-state index in [0.29, 0.717) is 0 Å². The molecule has 2 nitrogen and oxygen atoms in total. The molecule has 0 bridgehead atoms. The molecule has 13 rings (SSSR count). The van der Waals surface area contributed by atoms with Crippen LogP contribution in [0.1, 0.15) is 22.6 Å². The zero-order chi connectivity index (χ0) is 38.6. The third kappa shape index (κ3) is 5.10. The van der Waals surface area contributed by atoms with Gasteiger partial charge >= 0.3 is 0 Å². The van der Waals surface area contributed by atoms with Crippen LogP contribution in [0.2, 0.25) is 0 Å². The van der Waals surface area contributed by atoms with Crippen LogP contribution in [0.25, 0.3) is 101 Å².